The van der Waals surface area contributed by atoms with Crippen LogP contribution in [-0.2, 0) is 6.61 Å². The molecule has 4 nitrogen and oxygen atoms in total. The van der Waals surface area contributed by atoms with Crippen LogP contribution >= 0.6 is 22.9 Å². The Morgan fingerprint density at radius 1 is 1.00 bits per heavy atom. The zero-order valence-corrected chi connectivity index (χ0v) is 18.0. The van der Waals surface area contributed by atoms with E-state index in [2.05, 4.69) is 46.7 Å². The number of ether oxygens (including phenoxy) is 1. The molecule has 0 aliphatic heterocycles. The SMILES string of the molecule is Cc1ccc(COc2ccc(C=NNc3nc(-c4ccc(Cl)cc4)cs3)cc2)cc1. The number of hydrazone groups is 1. The number of aryl methyl sites for hydroxylation is 1. The molecule has 0 aliphatic rings. The van der Waals surface area contributed by atoms with E-state index in [0.29, 0.717) is 11.6 Å². The number of hydrogen-bond acceptors (Lipinski definition) is 5. The van der Waals surface area contributed by atoms with Gasteiger partial charge in [-0.15, -0.1) is 11.3 Å². The van der Waals surface area contributed by atoms with Crippen molar-refractivity contribution < 1.29 is 4.74 Å². The number of hydrogen-bond donors (Lipinski definition) is 1. The fraction of sp³-hybridized carbons (Fsp3) is 0.0833. The van der Waals surface area contributed by atoms with E-state index in [0.717, 1.165) is 33.3 Å². The van der Waals surface area contributed by atoms with Crippen LogP contribution in [0.2, 0.25) is 5.02 Å². The molecule has 0 atom stereocenters. The van der Waals surface area contributed by atoms with Gasteiger partial charge in [-0.3, -0.25) is 5.43 Å². The predicted octanol–water partition coefficient (Wildman–Crippen LogP) is 6.80. The van der Waals surface area contributed by atoms with Crippen LogP contribution in [0.1, 0.15) is 16.7 Å². The van der Waals surface area contributed by atoms with Gasteiger partial charge >= 0.3 is 0 Å². The highest BCUT2D eigenvalue weighted by atomic mass is 35.5. The van der Waals surface area contributed by atoms with E-state index >= 15 is 0 Å². The molecule has 0 fully saturated rings. The Balaban J connectivity index is 1.30. The number of nitrogens with zero attached hydrogens (tertiary/aromatic N) is 2. The summed E-state index contributed by atoms with van der Waals surface area (Å²) < 4.78 is 5.84. The standard InChI is InChI=1S/C24H20ClN3OS/c1-17-2-4-19(5-3-17)15-29-22-12-6-18(7-13-22)14-26-28-24-27-23(16-30-24)20-8-10-21(25)11-9-20/h2-14,16H,15H2,1H3,(H,27,28). The number of anilines is 1. The van der Waals surface area contributed by atoms with Crippen LogP contribution in [0, 0.1) is 6.92 Å². The quantitative estimate of drug-likeness (QED) is 0.257. The van der Waals surface area contributed by atoms with Crippen molar-refractivity contribution in [1.82, 2.24) is 4.98 Å². The molecule has 1 aromatic heterocycles. The molecule has 4 rings (SSSR count). The number of halogens is 1. The van der Waals surface area contributed by atoms with Crippen molar-refractivity contribution in [2.24, 2.45) is 5.10 Å². The Kier molecular flexibility index (Phi) is 6.42. The fourth-order valence-electron chi connectivity index (χ4n) is 2.74. The van der Waals surface area contributed by atoms with Crippen molar-refractivity contribution in [3.63, 3.8) is 0 Å². The summed E-state index contributed by atoms with van der Waals surface area (Å²) in [5.74, 6) is 0.827. The monoisotopic (exact) mass is 433 g/mol. The van der Waals surface area contributed by atoms with E-state index in [1.165, 1.54) is 16.9 Å². The molecule has 0 radical (unpaired) electrons. The number of rotatable bonds is 7. The highest BCUT2D eigenvalue weighted by molar-refractivity contribution is 7.14. The molecule has 3 aromatic carbocycles. The molecular formula is C24H20ClN3OS. The van der Waals surface area contributed by atoms with Gasteiger partial charge in [-0.2, -0.15) is 5.10 Å². The maximum absolute atomic E-state index is 5.93. The lowest BCUT2D eigenvalue weighted by atomic mass is 10.2. The van der Waals surface area contributed by atoms with Crippen LogP contribution in [-0.4, -0.2) is 11.2 Å². The molecule has 4 aromatic rings. The van der Waals surface area contributed by atoms with Gasteiger partial charge in [0.1, 0.15) is 12.4 Å². The van der Waals surface area contributed by atoms with Gasteiger partial charge in [0.15, 0.2) is 0 Å². The number of benzene rings is 3. The first-order valence-electron chi connectivity index (χ1n) is 9.45. The second kappa shape index (κ2) is 9.57. The average molecular weight is 434 g/mol. The van der Waals surface area contributed by atoms with Crippen molar-refractivity contribution in [2.75, 3.05) is 5.43 Å². The summed E-state index contributed by atoms with van der Waals surface area (Å²) in [6.45, 7) is 2.63. The van der Waals surface area contributed by atoms with Crippen LogP contribution in [0.3, 0.4) is 0 Å². The van der Waals surface area contributed by atoms with E-state index < -0.39 is 0 Å². The second-order valence-corrected chi connectivity index (χ2v) is 8.05. The summed E-state index contributed by atoms with van der Waals surface area (Å²) >= 11 is 7.44. The molecule has 0 saturated heterocycles. The van der Waals surface area contributed by atoms with Gasteiger partial charge < -0.3 is 4.74 Å². The van der Waals surface area contributed by atoms with Crippen LogP contribution in [0.5, 0.6) is 5.75 Å². The Hall–Kier alpha value is -3.15. The Labute approximate surface area is 184 Å². The first-order chi connectivity index (χ1) is 14.7. The number of thiazole rings is 1. The molecule has 0 amide bonds. The Bertz CT molecular complexity index is 1120. The molecule has 0 saturated carbocycles. The van der Waals surface area contributed by atoms with E-state index in [-0.39, 0.29) is 0 Å². The van der Waals surface area contributed by atoms with E-state index in [9.17, 15) is 0 Å². The van der Waals surface area contributed by atoms with Gasteiger partial charge in [0, 0.05) is 16.0 Å². The summed E-state index contributed by atoms with van der Waals surface area (Å²) in [6, 6.07) is 23.8. The largest absolute Gasteiger partial charge is 0.489 e. The molecule has 0 bridgehead atoms. The zero-order valence-electron chi connectivity index (χ0n) is 16.4. The Morgan fingerprint density at radius 2 is 1.73 bits per heavy atom. The highest BCUT2D eigenvalue weighted by Gasteiger charge is 2.04. The molecule has 150 valence electrons. The van der Waals surface area contributed by atoms with Crippen LogP contribution in [0.4, 0.5) is 5.13 Å². The second-order valence-electron chi connectivity index (χ2n) is 6.76. The van der Waals surface area contributed by atoms with Crippen molar-refractivity contribution in [3.8, 4) is 17.0 Å². The zero-order chi connectivity index (χ0) is 20.8. The summed E-state index contributed by atoms with van der Waals surface area (Å²) in [5.41, 5.74) is 8.26. The lowest BCUT2D eigenvalue weighted by Crippen LogP contribution is -1.95. The van der Waals surface area contributed by atoms with Crippen molar-refractivity contribution in [2.45, 2.75) is 13.5 Å². The third kappa shape index (κ3) is 5.47. The highest BCUT2D eigenvalue weighted by Crippen LogP contribution is 2.26. The van der Waals surface area contributed by atoms with Crippen LogP contribution in [0.25, 0.3) is 11.3 Å². The van der Waals surface area contributed by atoms with Gasteiger partial charge in [0.25, 0.3) is 0 Å². The minimum Gasteiger partial charge on any atom is -0.489 e. The normalized spacial score (nSPS) is 11.0. The van der Waals surface area contributed by atoms with E-state index in [4.69, 9.17) is 16.3 Å². The van der Waals surface area contributed by atoms with E-state index in [1.54, 1.807) is 6.21 Å². The van der Waals surface area contributed by atoms with Gasteiger partial charge in [-0.25, -0.2) is 4.98 Å². The molecule has 6 heteroatoms. The number of nitrogens with one attached hydrogen (secondary N) is 1. The van der Waals surface area contributed by atoms with Crippen molar-refractivity contribution in [3.05, 3.63) is 99.9 Å². The summed E-state index contributed by atoms with van der Waals surface area (Å²) in [4.78, 5) is 4.54. The van der Waals surface area contributed by atoms with Crippen LogP contribution < -0.4 is 10.2 Å². The summed E-state index contributed by atoms with van der Waals surface area (Å²) in [7, 11) is 0. The maximum Gasteiger partial charge on any atom is 0.203 e. The van der Waals surface area contributed by atoms with Gasteiger partial charge in [-0.1, -0.05) is 53.6 Å². The minimum atomic E-state index is 0.551. The molecule has 30 heavy (non-hydrogen) atoms. The third-order valence-corrected chi connectivity index (χ3v) is 5.42. The Morgan fingerprint density at radius 3 is 2.47 bits per heavy atom. The van der Waals surface area contributed by atoms with Gasteiger partial charge in [-0.05, 0) is 54.4 Å². The van der Waals surface area contributed by atoms with Crippen LogP contribution in [0.15, 0.2) is 83.3 Å². The molecule has 1 heterocycles. The first-order valence-corrected chi connectivity index (χ1v) is 10.7. The first kappa shape index (κ1) is 20.1. The topological polar surface area (TPSA) is 46.5 Å². The minimum absolute atomic E-state index is 0.551. The third-order valence-electron chi connectivity index (χ3n) is 4.42. The fourth-order valence-corrected chi connectivity index (χ4v) is 3.54. The summed E-state index contributed by atoms with van der Waals surface area (Å²) in [5, 5.41) is 7.71. The van der Waals surface area contributed by atoms with Crippen molar-refractivity contribution in [1.29, 1.82) is 0 Å². The lowest BCUT2D eigenvalue weighted by molar-refractivity contribution is 0.306. The molecule has 0 spiro atoms. The van der Waals surface area contributed by atoms with E-state index in [1.807, 2.05) is 53.9 Å². The maximum atomic E-state index is 5.93. The molecule has 0 aliphatic carbocycles. The molecular weight excluding hydrogens is 414 g/mol. The smallest absolute Gasteiger partial charge is 0.203 e. The molecule has 0 unspecified atom stereocenters. The average Bonchev–Trinajstić information content (AvgIpc) is 3.24. The van der Waals surface area contributed by atoms with Gasteiger partial charge in [0.05, 0.1) is 11.9 Å². The van der Waals surface area contributed by atoms with Gasteiger partial charge in [0.2, 0.25) is 5.13 Å². The summed E-state index contributed by atoms with van der Waals surface area (Å²) in [6.07, 6.45) is 1.76. The lowest BCUT2D eigenvalue weighted by Gasteiger charge is -2.06. The number of aromatic nitrogens is 1. The van der Waals surface area contributed by atoms with Crippen molar-refractivity contribution >= 4 is 34.3 Å². The molecule has 1 N–H and O–H groups in total. The predicted molar refractivity (Wildman–Crippen MR) is 126 cm³/mol.